The van der Waals surface area contributed by atoms with Crippen LogP contribution in [0.25, 0.3) is 11.6 Å². The van der Waals surface area contributed by atoms with Gasteiger partial charge in [-0.3, -0.25) is 14.8 Å². The van der Waals surface area contributed by atoms with Gasteiger partial charge >= 0.3 is 0 Å². The second-order valence-corrected chi connectivity index (χ2v) is 6.94. The summed E-state index contributed by atoms with van der Waals surface area (Å²) in [5.41, 5.74) is 8.42. The molecule has 0 saturated carbocycles. The van der Waals surface area contributed by atoms with E-state index in [4.69, 9.17) is 9.72 Å². The molecule has 4 nitrogen and oxygen atoms in total. The molecule has 1 rings (SSSR count). The summed E-state index contributed by atoms with van der Waals surface area (Å²) < 4.78 is 5.39. The zero-order valence-electron chi connectivity index (χ0n) is 18.9. The number of carbonyl (C=O) groups is 1. The Kier molecular flexibility index (Phi) is 10.6. The molecule has 1 aromatic rings. The lowest BCUT2D eigenvalue weighted by molar-refractivity contribution is 0.101. The Morgan fingerprint density at radius 2 is 1.97 bits per heavy atom. The number of aromatic nitrogens is 1. The molecule has 0 radical (unpaired) electrons. The summed E-state index contributed by atoms with van der Waals surface area (Å²) in [5.74, 6) is 0.804. The van der Waals surface area contributed by atoms with Crippen LogP contribution in [0.5, 0.6) is 0 Å². The summed E-state index contributed by atoms with van der Waals surface area (Å²) in [6, 6.07) is 1.94. The van der Waals surface area contributed by atoms with Crippen molar-refractivity contribution in [1.29, 1.82) is 0 Å². The van der Waals surface area contributed by atoms with Gasteiger partial charge in [-0.25, -0.2) is 0 Å². The van der Waals surface area contributed by atoms with Crippen molar-refractivity contribution < 1.29 is 9.53 Å². The van der Waals surface area contributed by atoms with Crippen LogP contribution in [0.4, 0.5) is 0 Å². The van der Waals surface area contributed by atoms with Gasteiger partial charge in [0.1, 0.15) is 5.76 Å². The molecular formula is C25H34N2O2. The molecule has 4 heteroatoms. The molecule has 1 aromatic heterocycles. The lowest BCUT2D eigenvalue weighted by Gasteiger charge is -2.12. The first-order valence-electron chi connectivity index (χ1n) is 10.3. The highest BCUT2D eigenvalue weighted by Gasteiger charge is 2.15. The monoisotopic (exact) mass is 394 g/mol. The summed E-state index contributed by atoms with van der Waals surface area (Å²) in [6.07, 6.45) is 10.8. The molecule has 1 heterocycles. The van der Waals surface area contributed by atoms with E-state index in [9.17, 15) is 4.79 Å². The van der Waals surface area contributed by atoms with Gasteiger partial charge in [0.05, 0.1) is 24.7 Å². The van der Waals surface area contributed by atoms with Crippen molar-refractivity contribution in [3.05, 3.63) is 57.9 Å². The minimum Gasteiger partial charge on any atom is -0.495 e. The Bertz CT molecular complexity index is 867. The van der Waals surface area contributed by atoms with Crippen LogP contribution < -0.4 is 0 Å². The fourth-order valence-electron chi connectivity index (χ4n) is 2.82. The maximum absolute atomic E-state index is 12.3. The lowest BCUT2D eigenvalue weighted by atomic mass is 9.97. The Labute approximate surface area is 175 Å². The highest BCUT2D eigenvalue weighted by molar-refractivity contribution is 5.99. The number of hydrogen-bond donors (Lipinski definition) is 0. The number of pyridine rings is 1. The van der Waals surface area contributed by atoms with Crippen molar-refractivity contribution in [3.8, 4) is 0 Å². The Morgan fingerprint density at radius 3 is 2.52 bits per heavy atom. The van der Waals surface area contributed by atoms with Gasteiger partial charge in [-0.05, 0) is 75.0 Å². The van der Waals surface area contributed by atoms with Crippen molar-refractivity contribution in [2.45, 2.75) is 67.2 Å². The number of carbonyl (C=O) groups excluding carboxylic acids is 1. The van der Waals surface area contributed by atoms with Crippen LogP contribution in [-0.2, 0) is 11.2 Å². The van der Waals surface area contributed by atoms with Crippen molar-refractivity contribution in [2.75, 3.05) is 7.11 Å². The minimum absolute atomic E-state index is 0.0293. The van der Waals surface area contributed by atoms with E-state index >= 15 is 0 Å². The molecule has 0 aromatic carbocycles. The fraction of sp³-hybridized carbons (Fsp3) is 0.440. The standard InChI is InChI=1S/C25H34N2O2/c1-8-11-12-14-21-15-23(27-22(13-9-2)25(21)20(6)28)19(5)16-26-17-24(29-7)18(4)10-3/h11,14-17H,8-10,13H2,1-7H3/b19-16+,24-18?,26-17?. The molecule has 0 atom stereocenters. The van der Waals surface area contributed by atoms with E-state index in [1.54, 1.807) is 26.4 Å². The minimum atomic E-state index is 0.0293. The molecular weight excluding hydrogens is 360 g/mol. The van der Waals surface area contributed by atoms with Gasteiger partial charge < -0.3 is 4.74 Å². The SMILES string of the molecule is CCC=C=Cc1cc(/C(C)=C/N=CC(OC)=C(C)CC)nc(CCC)c1C(C)=O. The van der Waals surface area contributed by atoms with E-state index < -0.39 is 0 Å². The number of ether oxygens (including phenoxy) is 1. The predicted molar refractivity (Wildman–Crippen MR) is 123 cm³/mol. The smallest absolute Gasteiger partial charge is 0.162 e. The molecule has 0 bridgehead atoms. The molecule has 0 amide bonds. The molecule has 0 unspecified atom stereocenters. The fourth-order valence-corrected chi connectivity index (χ4v) is 2.82. The van der Waals surface area contributed by atoms with Crippen molar-refractivity contribution in [1.82, 2.24) is 4.98 Å². The van der Waals surface area contributed by atoms with E-state index in [1.165, 1.54) is 0 Å². The number of aryl methyl sites for hydroxylation is 1. The maximum Gasteiger partial charge on any atom is 0.162 e. The third-order valence-electron chi connectivity index (χ3n) is 4.56. The lowest BCUT2D eigenvalue weighted by Crippen LogP contribution is -2.07. The number of ketones is 1. The summed E-state index contributed by atoms with van der Waals surface area (Å²) in [6.45, 7) is 11.8. The molecule has 29 heavy (non-hydrogen) atoms. The number of Topliss-reactive ketones (excluding diaryl/α,β-unsaturated/α-hetero) is 1. The molecule has 0 saturated heterocycles. The van der Waals surface area contributed by atoms with E-state index in [-0.39, 0.29) is 5.78 Å². The molecule has 0 N–H and O–H groups in total. The van der Waals surface area contributed by atoms with Crippen LogP contribution in [0, 0.1) is 0 Å². The van der Waals surface area contributed by atoms with Crippen LogP contribution >= 0.6 is 0 Å². The number of nitrogens with zero attached hydrogens (tertiary/aromatic N) is 2. The number of hydrogen-bond acceptors (Lipinski definition) is 4. The van der Waals surface area contributed by atoms with Gasteiger partial charge in [-0.1, -0.05) is 27.2 Å². The molecule has 0 fully saturated rings. The Morgan fingerprint density at radius 1 is 1.24 bits per heavy atom. The maximum atomic E-state index is 12.3. The van der Waals surface area contributed by atoms with Crippen LogP contribution in [0.3, 0.4) is 0 Å². The average molecular weight is 395 g/mol. The van der Waals surface area contributed by atoms with E-state index in [2.05, 4.69) is 31.5 Å². The topological polar surface area (TPSA) is 51.6 Å². The second-order valence-electron chi connectivity index (χ2n) is 6.94. The van der Waals surface area contributed by atoms with Crippen LogP contribution in [-0.4, -0.2) is 24.1 Å². The number of allylic oxidation sites excluding steroid dienone is 4. The van der Waals surface area contributed by atoms with Gasteiger partial charge in [-0.2, -0.15) is 0 Å². The third-order valence-corrected chi connectivity index (χ3v) is 4.56. The quantitative estimate of drug-likeness (QED) is 0.195. The van der Waals surface area contributed by atoms with E-state index in [0.29, 0.717) is 5.56 Å². The average Bonchev–Trinajstić information content (AvgIpc) is 2.70. The summed E-state index contributed by atoms with van der Waals surface area (Å²) >= 11 is 0. The van der Waals surface area contributed by atoms with Crippen LogP contribution in [0.2, 0.25) is 0 Å². The van der Waals surface area contributed by atoms with Gasteiger partial charge in [0.15, 0.2) is 5.78 Å². The largest absolute Gasteiger partial charge is 0.495 e. The normalized spacial score (nSPS) is 12.4. The number of aliphatic imine (C=N–C) groups is 1. The van der Waals surface area contributed by atoms with Gasteiger partial charge in [0.25, 0.3) is 0 Å². The molecule has 156 valence electrons. The first-order chi connectivity index (χ1) is 13.9. The van der Waals surface area contributed by atoms with Crippen molar-refractivity contribution in [2.24, 2.45) is 4.99 Å². The first kappa shape index (κ1) is 24.3. The Hall–Kier alpha value is -2.71. The molecule has 0 aliphatic rings. The predicted octanol–water partition coefficient (Wildman–Crippen LogP) is 6.58. The summed E-state index contributed by atoms with van der Waals surface area (Å²) in [5, 5.41) is 0. The van der Waals surface area contributed by atoms with Crippen molar-refractivity contribution in [3.63, 3.8) is 0 Å². The van der Waals surface area contributed by atoms with Crippen molar-refractivity contribution >= 4 is 23.6 Å². The van der Waals surface area contributed by atoms with Gasteiger partial charge in [0.2, 0.25) is 0 Å². The summed E-state index contributed by atoms with van der Waals surface area (Å²) in [4.78, 5) is 21.5. The molecule has 0 aliphatic heterocycles. The van der Waals surface area contributed by atoms with Crippen LogP contribution in [0.1, 0.15) is 88.1 Å². The molecule has 0 aliphatic carbocycles. The highest BCUT2D eigenvalue weighted by Crippen LogP contribution is 2.23. The van der Waals surface area contributed by atoms with Gasteiger partial charge in [0, 0.05) is 11.8 Å². The number of methoxy groups -OCH3 is 1. The number of rotatable bonds is 10. The first-order valence-corrected chi connectivity index (χ1v) is 10.3. The zero-order chi connectivity index (χ0) is 21.8. The third kappa shape index (κ3) is 7.32. The highest BCUT2D eigenvalue weighted by atomic mass is 16.5. The second kappa shape index (κ2) is 12.7. The van der Waals surface area contributed by atoms with Gasteiger partial charge in [-0.15, -0.1) is 5.73 Å². The van der Waals surface area contributed by atoms with E-state index in [1.807, 2.05) is 32.1 Å². The zero-order valence-corrected chi connectivity index (χ0v) is 18.9. The molecule has 0 spiro atoms. The summed E-state index contributed by atoms with van der Waals surface area (Å²) in [7, 11) is 1.65. The Balaban J connectivity index is 3.46. The van der Waals surface area contributed by atoms with Crippen LogP contribution in [0.15, 0.2) is 40.4 Å². The van der Waals surface area contributed by atoms with E-state index in [0.717, 1.165) is 59.5 Å².